The van der Waals surface area contributed by atoms with E-state index in [0.717, 1.165) is 22.2 Å². The number of hydrogen-bond donors (Lipinski definition) is 1. The average Bonchev–Trinajstić information content (AvgIpc) is 3.19. The van der Waals surface area contributed by atoms with Crippen LogP contribution < -0.4 is 5.32 Å². The first-order chi connectivity index (χ1) is 12.8. The van der Waals surface area contributed by atoms with Gasteiger partial charge in [0.05, 0.1) is 5.69 Å². The third-order valence-corrected chi connectivity index (χ3v) is 5.64. The first-order valence-electron chi connectivity index (χ1n) is 9.33. The van der Waals surface area contributed by atoms with Crippen molar-refractivity contribution in [1.29, 1.82) is 0 Å². The largest absolute Gasteiger partial charge is 0.332 e. The molecule has 0 atom stereocenters. The van der Waals surface area contributed by atoms with Crippen molar-refractivity contribution in [3.8, 4) is 0 Å². The van der Waals surface area contributed by atoms with Gasteiger partial charge in [-0.05, 0) is 42.0 Å². The number of fused-ring (bicyclic) bond motifs is 1. The van der Waals surface area contributed by atoms with Crippen molar-refractivity contribution in [1.82, 2.24) is 9.55 Å². The van der Waals surface area contributed by atoms with Crippen LogP contribution in [0.3, 0.4) is 0 Å². The lowest BCUT2D eigenvalue weighted by molar-refractivity contribution is 0.101. The van der Waals surface area contributed by atoms with Crippen LogP contribution >= 0.6 is 11.3 Å². The lowest BCUT2D eigenvalue weighted by atomic mass is 10.0. The highest BCUT2D eigenvalue weighted by molar-refractivity contribution is 7.14. The number of hydrogen-bond acceptors (Lipinski definition) is 3. The lowest BCUT2D eigenvalue weighted by Crippen LogP contribution is -2.18. The fourth-order valence-corrected chi connectivity index (χ4v) is 4.14. The quantitative estimate of drug-likeness (QED) is 0.525. The molecule has 2 aromatic heterocycles. The van der Waals surface area contributed by atoms with Gasteiger partial charge in [0, 0.05) is 22.8 Å². The summed E-state index contributed by atoms with van der Waals surface area (Å²) in [5, 5.41) is 6.75. The van der Waals surface area contributed by atoms with E-state index < -0.39 is 0 Å². The highest BCUT2D eigenvalue weighted by atomic mass is 32.1. The van der Waals surface area contributed by atoms with Crippen LogP contribution in [0.2, 0.25) is 0 Å². The predicted molar refractivity (Wildman–Crippen MR) is 115 cm³/mol. The molecule has 1 aromatic carbocycles. The smallest absolute Gasteiger partial charge is 0.274 e. The normalized spacial score (nSPS) is 11.5. The number of nitrogens with zero attached hydrogens (tertiary/aromatic N) is 2. The van der Waals surface area contributed by atoms with E-state index in [9.17, 15) is 4.79 Å². The van der Waals surface area contributed by atoms with E-state index in [1.165, 1.54) is 16.9 Å². The number of nitrogens with one attached hydrogen (secondary N) is 1. The molecule has 0 bridgehead atoms. The van der Waals surface area contributed by atoms with Crippen LogP contribution in [0.4, 0.5) is 5.13 Å². The molecule has 0 aliphatic heterocycles. The van der Waals surface area contributed by atoms with Gasteiger partial charge in [-0.3, -0.25) is 10.1 Å². The second kappa shape index (κ2) is 7.69. The van der Waals surface area contributed by atoms with Gasteiger partial charge in [-0.15, -0.1) is 17.9 Å². The van der Waals surface area contributed by atoms with Crippen LogP contribution in [0.5, 0.6) is 0 Å². The van der Waals surface area contributed by atoms with Gasteiger partial charge in [0.15, 0.2) is 5.13 Å². The Balaban J connectivity index is 2.05. The van der Waals surface area contributed by atoms with E-state index in [0.29, 0.717) is 29.2 Å². The maximum atomic E-state index is 13.1. The van der Waals surface area contributed by atoms with Gasteiger partial charge >= 0.3 is 0 Å². The number of amides is 1. The summed E-state index contributed by atoms with van der Waals surface area (Å²) in [5.74, 6) is 0.662. The van der Waals surface area contributed by atoms with Gasteiger partial charge in [0.25, 0.3) is 5.91 Å². The fourth-order valence-electron chi connectivity index (χ4n) is 3.28. The highest BCUT2D eigenvalue weighted by Gasteiger charge is 2.21. The molecule has 0 saturated heterocycles. The van der Waals surface area contributed by atoms with Gasteiger partial charge in [-0.1, -0.05) is 39.8 Å². The minimum atomic E-state index is -0.124. The van der Waals surface area contributed by atoms with Gasteiger partial charge < -0.3 is 4.57 Å². The van der Waals surface area contributed by atoms with Crippen molar-refractivity contribution < 1.29 is 4.79 Å². The zero-order valence-electron chi connectivity index (χ0n) is 16.7. The molecule has 0 aliphatic rings. The second-order valence-electron chi connectivity index (χ2n) is 7.49. The number of thiazole rings is 1. The molecule has 1 N–H and O–H groups in total. The molecule has 0 saturated carbocycles. The highest BCUT2D eigenvalue weighted by Crippen LogP contribution is 2.30. The van der Waals surface area contributed by atoms with Crippen LogP contribution in [0, 0.1) is 6.92 Å². The number of carbonyl (C=O) groups excluding carboxylic acids is 1. The molecule has 0 aliphatic carbocycles. The number of benzene rings is 1. The molecule has 142 valence electrons. The average molecular weight is 382 g/mol. The van der Waals surface area contributed by atoms with Crippen LogP contribution in [-0.2, 0) is 6.54 Å². The molecule has 0 fully saturated rings. The summed E-state index contributed by atoms with van der Waals surface area (Å²) in [6.07, 6.45) is 1.83. The minimum Gasteiger partial charge on any atom is -0.332 e. The third kappa shape index (κ3) is 3.69. The van der Waals surface area contributed by atoms with Crippen molar-refractivity contribution in [3.05, 3.63) is 58.7 Å². The van der Waals surface area contributed by atoms with Crippen molar-refractivity contribution in [2.45, 2.75) is 53.0 Å². The van der Waals surface area contributed by atoms with Crippen molar-refractivity contribution in [2.75, 3.05) is 5.32 Å². The molecule has 4 nitrogen and oxygen atoms in total. The van der Waals surface area contributed by atoms with E-state index in [1.807, 2.05) is 22.9 Å². The monoisotopic (exact) mass is 381 g/mol. The molecule has 1 amide bonds. The number of aromatic nitrogens is 2. The Morgan fingerprint density at radius 2 is 2.04 bits per heavy atom. The van der Waals surface area contributed by atoms with Crippen molar-refractivity contribution in [2.24, 2.45) is 0 Å². The van der Waals surface area contributed by atoms with Crippen LogP contribution in [0.25, 0.3) is 10.9 Å². The lowest BCUT2D eigenvalue weighted by Gasteiger charge is -2.09. The molecule has 27 heavy (non-hydrogen) atoms. The van der Waals surface area contributed by atoms with Crippen LogP contribution in [-0.4, -0.2) is 15.5 Å². The van der Waals surface area contributed by atoms with Crippen LogP contribution in [0.1, 0.15) is 66.8 Å². The number of carbonyl (C=O) groups is 1. The van der Waals surface area contributed by atoms with E-state index in [2.05, 4.69) is 62.8 Å². The van der Waals surface area contributed by atoms with Gasteiger partial charge in [-0.2, -0.15) is 0 Å². The summed E-state index contributed by atoms with van der Waals surface area (Å²) >= 11 is 1.47. The molecular formula is C22H27N3OS. The Morgan fingerprint density at radius 3 is 2.63 bits per heavy atom. The van der Waals surface area contributed by atoms with Gasteiger partial charge in [-0.25, -0.2) is 4.98 Å². The Hall–Kier alpha value is -2.40. The molecule has 0 unspecified atom stereocenters. The first kappa shape index (κ1) is 19.4. The first-order valence-corrected chi connectivity index (χ1v) is 10.2. The number of aryl methyl sites for hydroxylation is 1. The molecule has 3 rings (SSSR count). The third-order valence-electron chi connectivity index (χ3n) is 4.87. The predicted octanol–water partition coefficient (Wildman–Crippen LogP) is 6.09. The molecule has 0 spiro atoms. The molecule has 2 heterocycles. The zero-order valence-corrected chi connectivity index (χ0v) is 17.5. The van der Waals surface area contributed by atoms with Crippen molar-refractivity contribution >= 4 is 33.3 Å². The summed E-state index contributed by atoms with van der Waals surface area (Å²) in [5.41, 5.74) is 5.00. The molecule has 3 aromatic rings. The standard InChI is InChI=1S/C22H27N3OS/c1-7-10-25-19-9-8-16(13(2)3)11-17(19)15(6)20(25)21(26)24-22-23-18(12-27-22)14(4)5/h7-9,11-14H,1,10H2,2-6H3,(H,23,24,26). The summed E-state index contributed by atoms with van der Waals surface area (Å²) in [4.78, 5) is 17.6. The molecule has 5 heteroatoms. The van der Waals surface area contributed by atoms with E-state index in [1.54, 1.807) is 0 Å². The Labute approximate surface area is 164 Å². The van der Waals surface area contributed by atoms with Gasteiger partial charge in [0.2, 0.25) is 0 Å². The Morgan fingerprint density at radius 1 is 1.30 bits per heavy atom. The van der Waals surface area contributed by atoms with Gasteiger partial charge in [0.1, 0.15) is 5.69 Å². The second-order valence-corrected chi connectivity index (χ2v) is 8.35. The van der Waals surface area contributed by atoms with E-state index in [4.69, 9.17) is 0 Å². The number of allylic oxidation sites excluding steroid dienone is 1. The van der Waals surface area contributed by atoms with E-state index >= 15 is 0 Å². The van der Waals surface area contributed by atoms with Crippen molar-refractivity contribution in [3.63, 3.8) is 0 Å². The maximum absolute atomic E-state index is 13.1. The Kier molecular flexibility index (Phi) is 5.51. The summed E-state index contributed by atoms with van der Waals surface area (Å²) in [6.45, 7) is 15.0. The summed E-state index contributed by atoms with van der Waals surface area (Å²) < 4.78 is 2.04. The summed E-state index contributed by atoms with van der Waals surface area (Å²) in [7, 11) is 0. The fraction of sp³-hybridized carbons (Fsp3) is 0.364. The van der Waals surface area contributed by atoms with Crippen LogP contribution in [0.15, 0.2) is 36.2 Å². The Bertz CT molecular complexity index is 995. The van der Waals surface area contributed by atoms with E-state index in [-0.39, 0.29) is 5.91 Å². The topological polar surface area (TPSA) is 46.9 Å². The maximum Gasteiger partial charge on any atom is 0.274 e. The minimum absolute atomic E-state index is 0.124. The SMILES string of the molecule is C=CCn1c(C(=O)Nc2nc(C(C)C)cs2)c(C)c2cc(C(C)C)ccc21. The number of anilines is 1. The number of rotatable bonds is 6. The molecule has 0 radical (unpaired) electrons. The summed E-state index contributed by atoms with van der Waals surface area (Å²) in [6, 6.07) is 6.45. The zero-order chi connectivity index (χ0) is 19.7. The molecular weight excluding hydrogens is 354 g/mol.